The van der Waals surface area contributed by atoms with Gasteiger partial charge in [-0.05, 0) is 6.04 Å². The molecule has 1 N–H and O–H groups in total. The van der Waals surface area contributed by atoms with E-state index >= 15 is 0 Å². The van der Waals surface area contributed by atoms with Crippen LogP contribution in [-0.4, -0.2) is 15.0 Å². The normalized spacial score (nSPS) is 11.1. The third-order valence-corrected chi connectivity index (χ3v) is 2.00. The minimum absolute atomic E-state index is 0.478. The van der Waals surface area contributed by atoms with Gasteiger partial charge in [0, 0.05) is 0 Å². The van der Waals surface area contributed by atoms with Gasteiger partial charge in [-0.1, -0.05) is 26.9 Å². The summed E-state index contributed by atoms with van der Waals surface area (Å²) in [5.74, 6) is 0. The van der Waals surface area contributed by atoms with Crippen LogP contribution < -0.4 is 4.98 Å². The molecule has 0 saturated carbocycles. The summed E-state index contributed by atoms with van der Waals surface area (Å²) in [4.78, 5) is 3.44. The molecule has 0 aliphatic heterocycles. The first kappa shape index (κ1) is 7.18. The fourth-order valence-corrected chi connectivity index (χ4v) is 2.00. The second-order valence-corrected chi connectivity index (χ2v) is 5.12. The van der Waals surface area contributed by atoms with Gasteiger partial charge in [-0.15, -0.1) is 0 Å². The Labute approximate surface area is 47.8 Å². The van der Waals surface area contributed by atoms with Crippen molar-refractivity contribution in [3.05, 3.63) is 0 Å². The fourth-order valence-electron chi connectivity index (χ4n) is 0.667. The Morgan fingerprint density at radius 3 is 1.71 bits per heavy atom. The highest BCUT2D eigenvalue weighted by Crippen LogP contribution is 1.78. The predicted octanol–water partition coefficient (Wildman–Crippen LogP) is 0.968. The van der Waals surface area contributed by atoms with Gasteiger partial charge in [0.2, 0.25) is 0 Å². The van der Waals surface area contributed by atoms with Crippen LogP contribution >= 0.6 is 0 Å². The second-order valence-electron chi connectivity index (χ2n) is 2.48. The molecular weight excluding hydrogens is 102 g/mol. The van der Waals surface area contributed by atoms with Crippen molar-refractivity contribution in [3.8, 4) is 0 Å². The molecule has 1 nitrogen and oxygen atoms in total. The lowest BCUT2D eigenvalue weighted by Gasteiger charge is -2.08. The zero-order chi connectivity index (χ0) is 5.86. The maximum atomic E-state index is 3.44. The van der Waals surface area contributed by atoms with Gasteiger partial charge >= 0.3 is 0 Å². The summed E-state index contributed by atoms with van der Waals surface area (Å²) < 4.78 is 0. The van der Waals surface area contributed by atoms with Gasteiger partial charge in [0.05, 0.1) is 0 Å². The van der Waals surface area contributed by atoms with Crippen LogP contribution in [0.3, 0.4) is 0 Å². The smallest absolute Gasteiger partial charge is 0.102 e. The summed E-state index contributed by atoms with van der Waals surface area (Å²) in [6, 6.07) is 0.687. The van der Waals surface area contributed by atoms with Gasteiger partial charge in [-0.3, -0.25) is 0 Å². The fraction of sp³-hybridized carbons (Fsp3) is 1.00. The first-order valence-corrected chi connectivity index (χ1v) is 5.77. The van der Waals surface area contributed by atoms with E-state index < -0.39 is 8.96 Å². The SMILES string of the molecule is CC(C)N[SiH](C)C. The molecule has 0 bridgehead atoms. The molecule has 0 unspecified atom stereocenters. The lowest BCUT2D eigenvalue weighted by Crippen LogP contribution is -2.33. The van der Waals surface area contributed by atoms with Gasteiger partial charge in [-0.25, -0.2) is 0 Å². The third kappa shape index (κ3) is 6.18. The highest BCUT2D eigenvalue weighted by Gasteiger charge is 1.94. The monoisotopic (exact) mass is 117 g/mol. The summed E-state index contributed by atoms with van der Waals surface area (Å²) in [6.45, 7) is 8.96. The van der Waals surface area contributed by atoms with Crippen LogP contribution in [0.15, 0.2) is 0 Å². The summed E-state index contributed by atoms with van der Waals surface area (Å²) in [6.07, 6.45) is 0. The zero-order valence-corrected chi connectivity index (χ0v) is 6.81. The van der Waals surface area contributed by atoms with E-state index in [2.05, 4.69) is 31.9 Å². The number of hydrogen-bond acceptors (Lipinski definition) is 1. The molecule has 0 fully saturated rings. The molecule has 44 valence electrons. The molecule has 0 saturated heterocycles. The summed E-state index contributed by atoms with van der Waals surface area (Å²) in [5, 5.41) is 0. The first-order chi connectivity index (χ1) is 3.13. The molecule has 0 aromatic carbocycles. The van der Waals surface area contributed by atoms with Crippen molar-refractivity contribution in [1.82, 2.24) is 4.98 Å². The van der Waals surface area contributed by atoms with Crippen molar-refractivity contribution >= 4 is 8.96 Å². The minimum Gasteiger partial charge on any atom is -0.338 e. The summed E-state index contributed by atoms with van der Waals surface area (Å²) in [5.41, 5.74) is 0. The molecule has 0 spiro atoms. The quantitative estimate of drug-likeness (QED) is 0.531. The molecule has 0 atom stereocenters. The molecule has 0 heterocycles. The van der Waals surface area contributed by atoms with Crippen molar-refractivity contribution in [2.75, 3.05) is 0 Å². The van der Waals surface area contributed by atoms with Crippen LogP contribution in [0, 0.1) is 0 Å². The molecule has 0 rings (SSSR count). The zero-order valence-electron chi connectivity index (χ0n) is 5.65. The summed E-state index contributed by atoms with van der Waals surface area (Å²) >= 11 is 0. The van der Waals surface area contributed by atoms with Gasteiger partial charge in [0.15, 0.2) is 0 Å². The van der Waals surface area contributed by atoms with Crippen LogP contribution in [0.1, 0.15) is 13.8 Å². The third-order valence-electron chi connectivity index (χ3n) is 0.667. The lowest BCUT2D eigenvalue weighted by atomic mass is 10.4. The van der Waals surface area contributed by atoms with Gasteiger partial charge in [0.1, 0.15) is 8.96 Å². The topological polar surface area (TPSA) is 12.0 Å². The van der Waals surface area contributed by atoms with Crippen LogP contribution in [-0.2, 0) is 0 Å². The Balaban J connectivity index is 2.95. The molecule has 0 aromatic rings. The molecule has 2 heteroatoms. The van der Waals surface area contributed by atoms with E-state index in [-0.39, 0.29) is 0 Å². The van der Waals surface area contributed by atoms with E-state index in [1.807, 2.05) is 0 Å². The second kappa shape index (κ2) is 3.21. The van der Waals surface area contributed by atoms with Gasteiger partial charge < -0.3 is 4.98 Å². The van der Waals surface area contributed by atoms with Crippen LogP contribution in [0.25, 0.3) is 0 Å². The Hall–Kier alpha value is 0.177. The van der Waals surface area contributed by atoms with Crippen LogP contribution in [0.5, 0.6) is 0 Å². The Bertz CT molecular complexity index is 37.3. The van der Waals surface area contributed by atoms with Crippen molar-refractivity contribution in [2.24, 2.45) is 0 Å². The molecule has 0 aliphatic carbocycles. The molecule has 7 heavy (non-hydrogen) atoms. The molecule has 0 aromatic heterocycles. The highest BCUT2D eigenvalue weighted by atomic mass is 28.3. The van der Waals surface area contributed by atoms with Crippen LogP contribution in [0.4, 0.5) is 0 Å². The van der Waals surface area contributed by atoms with Crippen LogP contribution in [0.2, 0.25) is 13.1 Å². The number of rotatable bonds is 2. The molecule has 0 radical (unpaired) electrons. The van der Waals surface area contributed by atoms with E-state index in [1.165, 1.54) is 0 Å². The average Bonchev–Trinajstić information content (AvgIpc) is 1.27. The Morgan fingerprint density at radius 1 is 1.29 bits per heavy atom. The largest absolute Gasteiger partial charge is 0.338 e. The molecule has 0 aliphatic rings. The van der Waals surface area contributed by atoms with Gasteiger partial charge in [-0.2, -0.15) is 0 Å². The van der Waals surface area contributed by atoms with E-state index in [1.54, 1.807) is 0 Å². The molecule has 0 amide bonds. The van der Waals surface area contributed by atoms with E-state index in [0.29, 0.717) is 6.04 Å². The number of hydrogen-bond donors (Lipinski definition) is 1. The van der Waals surface area contributed by atoms with Crippen molar-refractivity contribution in [2.45, 2.75) is 33.0 Å². The lowest BCUT2D eigenvalue weighted by molar-refractivity contribution is 0.746. The van der Waals surface area contributed by atoms with Crippen molar-refractivity contribution < 1.29 is 0 Å². The van der Waals surface area contributed by atoms with E-state index in [0.717, 1.165) is 0 Å². The van der Waals surface area contributed by atoms with Crippen molar-refractivity contribution in [3.63, 3.8) is 0 Å². The average molecular weight is 117 g/mol. The Kier molecular flexibility index (Phi) is 3.30. The highest BCUT2D eigenvalue weighted by molar-refractivity contribution is 6.52. The van der Waals surface area contributed by atoms with E-state index in [4.69, 9.17) is 0 Å². The molecular formula is C5H15NSi. The maximum absolute atomic E-state index is 3.44. The first-order valence-electron chi connectivity index (χ1n) is 2.89. The summed E-state index contributed by atoms with van der Waals surface area (Å²) in [7, 11) is -0.478. The maximum Gasteiger partial charge on any atom is 0.102 e. The van der Waals surface area contributed by atoms with Crippen molar-refractivity contribution in [1.29, 1.82) is 0 Å². The predicted molar refractivity (Wildman–Crippen MR) is 37.1 cm³/mol. The number of nitrogens with one attached hydrogen (secondary N) is 1. The van der Waals surface area contributed by atoms with Gasteiger partial charge in [0.25, 0.3) is 0 Å². The standard InChI is InChI=1S/C5H15NSi/c1-5(2)6-7(3)4/h5-7H,1-4H3. The minimum atomic E-state index is -0.478. The Morgan fingerprint density at radius 2 is 1.71 bits per heavy atom. The van der Waals surface area contributed by atoms with E-state index in [9.17, 15) is 0 Å².